The molecule has 0 radical (unpaired) electrons. The van der Waals surface area contributed by atoms with Crippen LogP contribution in [-0.2, 0) is 24.0 Å². The SMILES string of the molecule is C[C@H](NC(=O)[C@H](C)NC(=O)C1(NC(=O)c2ccc(Br)cc2)CC(C)(C)N([O-])C(C)(C)C1)C(=O)NC1(C(=O)N[C@@H](C)C(=O)NC(C)(C)C)CC(C)(C)N([O-])C(C)(C)C1. The fourth-order valence-electron chi connectivity index (χ4n) is 8.53. The van der Waals surface area contributed by atoms with Crippen molar-refractivity contribution in [2.75, 3.05) is 0 Å². The third-order valence-corrected chi connectivity index (χ3v) is 11.1. The molecule has 2 fully saturated rings. The Hall–Kier alpha value is -3.64. The van der Waals surface area contributed by atoms with Gasteiger partial charge in [-0.2, -0.15) is 0 Å². The van der Waals surface area contributed by atoms with Crippen molar-refractivity contribution in [3.63, 3.8) is 0 Å². The number of hydroxylamine groups is 4. The molecule has 2 aliphatic heterocycles. The Morgan fingerprint density at radius 3 is 1.33 bits per heavy atom. The van der Waals surface area contributed by atoms with Crippen LogP contribution in [0, 0.1) is 10.4 Å². The number of rotatable bonds is 11. The summed E-state index contributed by atoms with van der Waals surface area (Å²) in [7, 11) is 0. The molecular weight excluding hydrogens is 800 g/mol. The van der Waals surface area contributed by atoms with Crippen molar-refractivity contribution in [2.24, 2.45) is 0 Å². The molecule has 3 atom stereocenters. The first-order valence-corrected chi connectivity index (χ1v) is 20.1. The Morgan fingerprint density at radius 1 is 0.596 bits per heavy atom. The van der Waals surface area contributed by atoms with Gasteiger partial charge < -0.3 is 52.4 Å². The number of carbonyl (C=O) groups excluding carboxylic acids is 6. The van der Waals surface area contributed by atoms with Crippen molar-refractivity contribution >= 4 is 51.4 Å². The molecule has 6 N–H and O–H groups in total. The van der Waals surface area contributed by atoms with Gasteiger partial charge in [0.15, 0.2) is 0 Å². The van der Waals surface area contributed by atoms with Gasteiger partial charge in [0, 0.05) is 37.7 Å². The van der Waals surface area contributed by atoms with E-state index in [9.17, 15) is 39.2 Å². The van der Waals surface area contributed by atoms with Gasteiger partial charge in [-0.15, -0.1) is 0 Å². The van der Waals surface area contributed by atoms with E-state index in [1.807, 2.05) is 0 Å². The van der Waals surface area contributed by atoms with Gasteiger partial charge in [-0.05, 0) is 147 Å². The topological polar surface area (TPSA) is 227 Å². The average Bonchev–Trinajstić information content (AvgIpc) is 3.04. The van der Waals surface area contributed by atoms with Crippen molar-refractivity contribution in [3.8, 4) is 0 Å². The second kappa shape index (κ2) is 16.5. The first-order chi connectivity index (χ1) is 25.7. The number of benzene rings is 1. The molecule has 0 bridgehead atoms. The summed E-state index contributed by atoms with van der Waals surface area (Å²) >= 11 is 3.35. The Bertz CT molecular complexity index is 1690. The largest absolute Gasteiger partial charge is 0.784 e. The van der Waals surface area contributed by atoms with E-state index in [1.54, 1.807) is 100 Å². The van der Waals surface area contributed by atoms with Gasteiger partial charge in [0.05, 0.1) is 0 Å². The third-order valence-electron chi connectivity index (χ3n) is 10.6. The minimum atomic E-state index is -1.66. The number of halogens is 1. The van der Waals surface area contributed by atoms with E-state index in [-0.39, 0.29) is 31.2 Å². The summed E-state index contributed by atoms with van der Waals surface area (Å²) in [4.78, 5) is 82.5. The zero-order valence-electron chi connectivity index (χ0n) is 35.9. The van der Waals surface area contributed by atoms with E-state index < -0.39 is 92.3 Å². The molecule has 2 saturated heterocycles. The number of carbonyl (C=O) groups is 6. The molecule has 0 aromatic heterocycles. The van der Waals surface area contributed by atoms with Crippen LogP contribution in [0.25, 0.3) is 0 Å². The maximum atomic E-state index is 14.3. The summed E-state index contributed by atoms with van der Waals surface area (Å²) in [5.74, 6) is -3.79. The van der Waals surface area contributed by atoms with Crippen LogP contribution in [0.5, 0.6) is 0 Å². The summed E-state index contributed by atoms with van der Waals surface area (Å²) in [6.45, 7) is 23.2. The molecule has 16 nitrogen and oxygen atoms in total. The molecule has 1 aromatic rings. The quantitative estimate of drug-likeness (QED) is 0.190. The lowest BCUT2D eigenvalue weighted by Crippen LogP contribution is -2.74. The molecule has 6 amide bonds. The standard InChI is InChI=1S/C40H63BrN8O8/c1-23(43-33(55)40(21-37(11,12)49(57)38(13,14)22-40)47-31(53)26-15-17-27(41)18-16-26)28(50)42-24(2)30(52)46-39(19-35(7,8)48(56)36(9,10)20-39)32(54)44-25(3)29(51)45-34(4,5)6/h15-18,23-25H,19-22H2,1-14H3,(H,42,50)(H,43,55)(H,44,54)(H,45,51)(H,46,52)(H,47,53)/q-2/t23-,24-,25-/m0/s1. The number of amides is 6. The second-order valence-electron chi connectivity index (χ2n) is 19.5. The summed E-state index contributed by atoms with van der Waals surface area (Å²) < 4.78 is 0.755. The van der Waals surface area contributed by atoms with E-state index in [2.05, 4.69) is 47.8 Å². The highest BCUT2D eigenvalue weighted by atomic mass is 79.9. The van der Waals surface area contributed by atoms with Gasteiger partial charge in [0.2, 0.25) is 29.5 Å². The molecule has 3 rings (SSSR count). The summed E-state index contributed by atoms with van der Waals surface area (Å²) in [5.41, 5.74) is -7.97. The molecule has 1 aromatic carbocycles. The average molecular weight is 864 g/mol. The van der Waals surface area contributed by atoms with E-state index in [0.29, 0.717) is 0 Å². The Balaban J connectivity index is 1.85. The smallest absolute Gasteiger partial charge is 0.252 e. The maximum Gasteiger partial charge on any atom is 0.252 e. The molecule has 2 heterocycles. The fraction of sp³-hybridized carbons (Fsp3) is 0.700. The van der Waals surface area contributed by atoms with E-state index in [1.165, 1.54) is 20.8 Å². The Kier molecular flexibility index (Phi) is 13.9. The van der Waals surface area contributed by atoms with E-state index in [0.717, 1.165) is 14.6 Å². The normalized spacial score (nSPS) is 22.4. The van der Waals surface area contributed by atoms with Gasteiger partial charge in [-0.1, -0.05) is 15.9 Å². The fourth-order valence-corrected chi connectivity index (χ4v) is 8.80. The highest BCUT2D eigenvalue weighted by Gasteiger charge is 2.56. The molecule has 2 aliphatic rings. The first kappa shape index (κ1) is 47.7. The van der Waals surface area contributed by atoms with Crippen LogP contribution in [0.3, 0.4) is 0 Å². The monoisotopic (exact) mass is 862 g/mol. The molecule has 320 valence electrons. The van der Waals surface area contributed by atoms with Crippen LogP contribution in [0.2, 0.25) is 0 Å². The van der Waals surface area contributed by atoms with E-state index in [4.69, 9.17) is 0 Å². The van der Waals surface area contributed by atoms with Gasteiger partial charge in [-0.3, -0.25) is 28.8 Å². The summed E-state index contributed by atoms with van der Waals surface area (Å²) in [6.07, 6.45) is -0.343. The lowest BCUT2D eigenvalue weighted by molar-refractivity contribution is -0.145. The van der Waals surface area contributed by atoms with Crippen molar-refractivity contribution in [3.05, 3.63) is 44.7 Å². The molecule has 0 spiro atoms. The van der Waals surface area contributed by atoms with Gasteiger partial charge in [0.1, 0.15) is 29.2 Å². The number of hydrogen-bond acceptors (Lipinski definition) is 10. The van der Waals surface area contributed by atoms with Crippen molar-refractivity contribution in [2.45, 2.75) is 180 Å². The number of nitrogens with one attached hydrogen (secondary N) is 6. The van der Waals surface area contributed by atoms with Crippen LogP contribution < -0.4 is 31.9 Å². The van der Waals surface area contributed by atoms with Crippen molar-refractivity contribution in [1.29, 1.82) is 0 Å². The second-order valence-corrected chi connectivity index (χ2v) is 20.4. The molecule has 0 saturated carbocycles. The van der Waals surface area contributed by atoms with Crippen LogP contribution in [0.1, 0.15) is 133 Å². The van der Waals surface area contributed by atoms with Gasteiger partial charge in [-0.25, -0.2) is 0 Å². The van der Waals surface area contributed by atoms with E-state index >= 15 is 0 Å². The van der Waals surface area contributed by atoms with Gasteiger partial charge in [0.25, 0.3) is 5.91 Å². The van der Waals surface area contributed by atoms with Crippen LogP contribution in [0.4, 0.5) is 0 Å². The Labute approximate surface area is 345 Å². The molecule has 0 unspecified atom stereocenters. The van der Waals surface area contributed by atoms with Crippen molar-refractivity contribution in [1.82, 2.24) is 42.0 Å². The number of nitrogens with zero attached hydrogens (tertiary/aromatic N) is 2. The molecule has 17 heteroatoms. The summed E-state index contributed by atoms with van der Waals surface area (Å²) in [5, 5.41) is 45.1. The third kappa shape index (κ3) is 11.1. The minimum absolute atomic E-state index is 0.0672. The van der Waals surface area contributed by atoms with Crippen LogP contribution in [0.15, 0.2) is 28.7 Å². The molecular formula is C40H63BrN8O8-2. The molecule has 57 heavy (non-hydrogen) atoms. The highest BCUT2D eigenvalue weighted by Crippen LogP contribution is 2.44. The predicted octanol–water partition coefficient (Wildman–Crippen LogP) is 3.50. The predicted molar refractivity (Wildman–Crippen MR) is 221 cm³/mol. The van der Waals surface area contributed by atoms with Crippen LogP contribution >= 0.6 is 15.9 Å². The lowest BCUT2D eigenvalue weighted by Gasteiger charge is -2.63. The maximum absolute atomic E-state index is 14.3. The lowest BCUT2D eigenvalue weighted by atomic mass is 9.69. The van der Waals surface area contributed by atoms with Crippen LogP contribution in [-0.4, -0.2) is 102 Å². The zero-order valence-corrected chi connectivity index (χ0v) is 37.5. The molecule has 0 aliphatic carbocycles. The highest BCUT2D eigenvalue weighted by molar-refractivity contribution is 9.10. The summed E-state index contributed by atoms with van der Waals surface area (Å²) in [6, 6.07) is 3.14. The van der Waals surface area contributed by atoms with Gasteiger partial charge >= 0.3 is 0 Å². The number of piperidine rings is 2. The minimum Gasteiger partial charge on any atom is -0.784 e. The first-order valence-electron chi connectivity index (χ1n) is 19.3. The Morgan fingerprint density at radius 2 is 0.947 bits per heavy atom. The zero-order chi connectivity index (χ0) is 43.9. The van der Waals surface area contributed by atoms with Crippen molar-refractivity contribution < 1.29 is 28.8 Å². The number of hydrogen-bond donors (Lipinski definition) is 6.